The van der Waals surface area contributed by atoms with E-state index in [0.29, 0.717) is 41.8 Å². The standard InChI is InChI=1S/2C14H20ClNO.C13H25NO3.C6H4ClF/c2*1-10(2)14(11-7-8-16-9-11)17-13-5-3-12(15)4-6-13;1-9(2)11(15)10-6-7-14(8-10)12(16)17-13(3,4)5;7-5-1-3-6(8)4-2-5/h2*3-6,10-11,14,16H,7-9H2,1-2H3;9-11,15H,6-8H2,1-5H3;1-4H/t2*11-,14-;10-,11-;/m000./s1. The second-order valence-electron chi connectivity index (χ2n) is 17.7. The molecule has 0 spiro atoms. The molecule has 0 unspecified atom stereocenters. The highest BCUT2D eigenvalue weighted by Crippen LogP contribution is 2.28. The fourth-order valence-electron chi connectivity index (χ4n) is 7.34. The van der Waals surface area contributed by atoms with Crippen molar-refractivity contribution in [1.82, 2.24) is 15.5 Å². The summed E-state index contributed by atoms with van der Waals surface area (Å²) in [4.78, 5) is 13.5. The van der Waals surface area contributed by atoms with Crippen LogP contribution in [-0.4, -0.2) is 79.3 Å². The van der Waals surface area contributed by atoms with Crippen molar-refractivity contribution in [3.05, 3.63) is 93.7 Å². The summed E-state index contributed by atoms with van der Waals surface area (Å²) in [6.45, 7) is 24.1. The summed E-state index contributed by atoms with van der Waals surface area (Å²) in [5, 5.41) is 18.8. The van der Waals surface area contributed by atoms with Gasteiger partial charge in [0.05, 0.1) is 6.10 Å². The number of nitrogens with one attached hydrogen (secondary N) is 2. The van der Waals surface area contributed by atoms with Gasteiger partial charge in [-0.1, -0.05) is 76.3 Å². The average molecular weight is 881 g/mol. The van der Waals surface area contributed by atoms with Crippen LogP contribution < -0.4 is 20.1 Å². The number of amides is 1. The Morgan fingerprint density at radius 1 is 0.678 bits per heavy atom. The predicted molar refractivity (Wildman–Crippen MR) is 242 cm³/mol. The number of nitrogens with zero attached hydrogens (tertiary/aromatic N) is 1. The van der Waals surface area contributed by atoms with E-state index in [1.54, 1.807) is 4.90 Å². The predicted octanol–water partition coefficient (Wildman–Crippen LogP) is 11.4. The van der Waals surface area contributed by atoms with Gasteiger partial charge >= 0.3 is 6.09 Å². The first kappa shape index (κ1) is 50.6. The first-order chi connectivity index (χ1) is 27.8. The third-order valence-electron chi connectivity index (χ3n) is 10.5. The van der Waals surface area contributed by atoms with Gasteiger partial charge in [0.1, 0.15) is 35.1 Å². The molecule has 3 N–H and O–H groups in total. The van der Waals surface area contributed by atoms with Gasteiger partial charge in [-0.2, -0.15) is 0 Å². The van der Waals surface area contributed by atoms with Crippen molar-refractivity contribution in [2.75, 3.05) is 39.3 Å². The van der Waals surface area contributed by atoms with Crippen molar-refractivity contribution >= 4 is 40.9 Å². The van der Waals surface area contributed by atoms with Gasteiger partial charge in [-0.25, -0.2) is 9.18 Å². The number of benzene rings is 3. The Morgan fingerprint density at radius 2 is 1.08 bits per heavy atom. The highest BCUT2D eigenvalue weighted by atomic mass is 35.5. The van der Waals surface area contributed by atoms with Crippen LogP contribution in [0, 0.1) is 41.3 Å². The normalized spacial score (nSPS) is 20.4. The van der Waals surface area contributed by atoms with Crippen molar-refractivity contribution < 1.29 is 28.5 Å². The number of likely N-dealkylation sites (tertiary alicyclic amines) is 1. The minimum Gasteiger partial charge on any atom is -0.490 e. The number of ether oxygens (including phenoxy) is 3. The third kappa shape index (κ3) is 18.8. The zero-order chi connectivity index (χ0) is 43.7. The minimum atomic E-state index is -0.453. The Labute approximate surface area is 368 Å². The minimum absolute atomic E-state index is 0.183. The van der Waals surface area contributed by atoms with Crippen molar-refractivity contribution in [1.29, 1.82) is 0 Å². The molecule has 3 heterocycles. The van der Waals surface area contributed by atoms with Crippen molar-refractivity contribution in [3.8, 4) is 11.5 Å². The van der Waals surface area contributed by atoms with Crippen LogP contribution >= 0.6 is 34.8 Å². The Bertz CT molecular complexity index is 1520. The Hall–Kier alpha value is -2.79. The van der Waals surface area contributed by atoms with E-state index in [4.69, 9.17) is 49.0 Å². The van der Waals surface area contributed by atoms with Crippen LogP contribution in [0.4, 0.5) is 9.18 Å². The molecule has 0 bridgehead atoms. The Kier molecular flexibility index (Phi) is 21.6. The van der Waals surface area contributed by atoms with Gasteiger partial charge in [-0.15, -0.1) is 0 Å². The molecule has 6 atom stereocenters. The number of carbonyl (C=O) groups is 1. The number of aliphatic hydroxyl groups is 1. The van der Waals surface area contributed by atoms with Gasteiger partial charge in [0, 0.05) is 59.0 Å². The summed E-state index contributed by atoms with van der Waals surface area (Å²) >= 11 is 17.2. The van der Waals surface area contributed by atoms with Gasteiger partial charge in [0.15, 0.2) is 0 Å². The second kappa shape index (κ2) is 25.2. The first-order valence-corrected chi connectivity index (χ1v) is 22.3. The molecule has 3 aromatic carbocycles. The second-order valence-corrected chi connectivity index (χ2v) is 19.0. The molecule has 330 valence electrons. The molecule has 6 rings (SSSR count). The van der Waals surface area contributed by atoms with Crippen molar-refractivity contribution in [2.45, 2.75) is 105 Å². The van der Waals surface area contributed by atoms with Crippen LogP contribution in [0.15, 0.2) is 72.8 Å². The lowest BCUT2D eigenvalue weighted by Gasteiger charge is -2.27. The van der Waals surface area contributed by atoms with E-state index >= 15 is 0 Å². The van der Waals surface area contributed by atoms with Crippen LogP contribution in [0.3, 0.4) is 0 Å². The van der Waals surface area contributed by atoms with Crippen molar-refractivity contribution in [2.24, 2.45) is 35.5 Å². The molecule has 3 saturated heterocycles. The molecule has 3 aliphatic heterocycles. The smallest absolute Gasteiger partial charge is 0.410 e. The molecular formula is C47H69Cl3FN3O5. The molecule has 3 aliphatic rings. The van der Waals surface area contributed by atoms with E-state index in [0.717, 1.165) is 54.1 Å². The summed E-state index contributed by atoms with van der Waals surface area (Å²) in [6, 6.07) is 20.9. The number of halogens is 4. The molecule has 3 fully saturated rings. The van der Waals surface area contributed by atoms with Crippen LogP contribution in [0.1, 0.15) is 81.6 Å². The highest BCUT2D eigenvalue weighted by Gasteiger charge is 2.34. The SMILES string of the molecule is CC(C)[C@H](O)[C@H]1CCN(C(=O)OC(C)(C)C)C1.CC(C)[C@H](Oc1ccc(Cl)cc1)[C@H]1CCNC1.CC(C)[C@H](Oc1ccc(Cl)cc1)[C@H]1CCNC1.Fc1ccc(Cl)cc1. The van der Waals surface area contributed by atoms with Gasteiger partial charge in [-0.05, 0) is 144 Å². The lowest BCUT2D eigenvalue weighted by atomic mass is 9.92. The topological polar surface area (TPSA) is 92.3 Å². The largest absolute Gasteiger partial charge is 0.490 e. The molecule has 59 heavy (non-hydrogen) atoms. The van der Waals surface area contributed by atoms with E-state index in [-0.39, 0.29) is 42.1 Å². The maximum atomic E-state index is 12.0. The number of rotatable bonds is 10. The zero-order valence-corrected chi connectivity index (χ0v) is 38.8. The number of carbonyl (C=O) groups excluding carboxylic acids is 1. The molecule has 3 aromatic rings. The fraction of sp³-hybridized carbons (Fsp3) is 0.596. The van der Waals surface area contributed by atoms with Crippen LogP contribution in [0.5, 0.6) is 11.5 Å². The lowest BCUT2D eigenvalue weighted by molar-refractivity contribution is 0.0247. The van der Waals surface area contributed by atoms with Gasteiger partial charge in [-0.3, -0.25) is 0 Å². The molecule has 1 amide bonds. The van der Waals surface area contributed by atoms with E-state index in [9.17, 15) is 14.3 Å². The summed E-state index contributed by atoms with van der Waals surface area (Å²) in [7, 11) is 0. The van der Waals surface area contributed by atoms with E-state index in [2.05, 4.69) is 38.3 Å². The number of hydrogen-bond donors (Lipinski definition) is 3. The average Bonchev–Trinajstić information content (AvgIpc) is 4.00. The molecule has 8 nitrogen and oxygen atoms in total. The lowest BCUT2D eigenvalue weighted by Crippen LogP contribution is -2.36. The van der Waals surface area contributed by atoms with E-state index < -0.39 is 5.60 Å². The third-order valence-corrected chi connectivity index (χ3v) is 11.2. The summed E-state index contributed by atoms with van der Waals surface area (Å²) in [5.74, 6) is 4.28. The van der Waals surface area contributed by atoms with Gasteiger partial charge in [0.25, 0.3) is 0 Å². The van der Waals surface area contributed by atoms with Gasteiger partial charge in [0.2, 0.25) is 0 Å². The number of hydrogen-bond acceptors (Lipinski definition) is 7. The quantitative estimate of drug-likeness (QED) is 0.187. The van der Waals surface area contributed by atoms with Gasteiger partial charge < -0.3 is 34.9 Å². The zero-order valence-electron chi connectivity index (χ0n) is 36.5. The molecular weight excluding hydrogens is 812 g/mol. The summed E-state index contributed by atoms with van der Waals surface area (Å²) in [6.07, 6.45) is 3.24. The van der Waals surface area contributed by atoms with Crippen LogP contribution in [0.2, 0.25) is 15.1 Å². The first-order valence-electron chi connectivity index (χ1n) is 21.2. The monoisotopic (exact) mass is 879 g/mol. The van der Waals surface area contributed by atoms with E-state index in [1.807, 2.05) is 83.1 Å². The summed E-state index contributed by atoms with van der Waals surface area (Å²) in [5.41, 5.74) is -0.453. The summed E-state index contributed by atoms with van der Waals surface area (Å²) < 4.78 is 29.6. The highest BCUT2D eigenvalue weighted by molar-refractivity contribution is 6.31. The van der Waals surface area contributed by atoms with Crippen molar-refractivity contribution in [3.63, 3.8) is 0 Å². The van der Waals surface area contributed by atoms with Crippen LogP contribution in [0.25, 0.3) is 0 Å². The molecule has 0 radical (unpaired) electrons. The number of aliphatic hydroxyl groups excluding tert-OH is 1. The van der Waals surface area contributed by atoms with Crippen LogP contribution in [-0.2, 0) is 4.74 Å². The maximum Gasteiger partial charge on any atom is 0.410 e. The Morgan fingerprint density at radius 3 is 1.41 bits per heavy atom. The maximum absolute atomic E-state index is 12.0. The Balaban J connectivity index is 0.000000216. The molecule has 0 saturated carbocycles. The molecule has 12 heteroatoms. The molecule has 0 aliphatic carbocycles. The van der Waals surface area contributed by atoms with E-state index in [1.165, 1.54) is 37.1 Å². The molecule has 0 aromatic heterocycles. The fourth-order valence-corrected chi connectivity index (χ4v) is 7.72.